The monoisotopic (exact) mass is 200 g/mol. The van der Waals surface area contributed by atoms with Gasteiger partial charge in [-0.25, -0.2) is 0 Å². The number of nitrogens with one attached hydrogen (secondary N) is 1. The highest BCUT2D eigenvalue weighted by molar-refractivity contribution is 4.95. The van der Waals surface area contributed by atoms with Crippen LogP contribution in [0.5, 0.6) is 0 Å². The van der Waals surface area contributed by atoms with Crippen molar-refractivity contribution in [3.05, 3.63) is 12.2 Å². The number of hydrogen-bond donors (Lipinski definition) is 2. The maximum Gasteiger partial charge on any atom is 0.0481 e. The zero-order chi connectivity index (χ0) is 10.8. The van der Waals surface area contributed by atoms with E-state index < -0.39 is 0 Å². The number of rotatable bonds is 9. The summed E-state index contributed by atoms with van der Waals surface area (Å²) >= 11 is 0. The van der Waals surface area contributed by atoms with Gasteiger partial charge in [0.2, 0.25) is 0 Å². The van der Waals surface area contributed by atoms with Crippen LogP contribution in [0.25, 0.3) is 0 Å². The average Bonchev–Trinajstić information content (AvgIpc) is 2.22. The maximum atomic E-state index is 5.44. The molecule has 0 heterocycles. The second-order valence-corrected chi connectivity index (χ2v) is 3.57. The molecule has 0 aliphatic heterocycles. The molecule has 14 heavy (non-hydrogen) atoms. The first-order valence-corrected chi connectivity index (χ1v) is 5.45. The van der Waals surface area contributed by atoms with Gasteiger partial charge < -0.3 is 4.74 Å². The molecule has 0 aromatic heterocycles. The van der Waals surface area contributed by atoms with Crippen molar-refractivity contribution < 1.29 is 4.74 Å². The highest BCUT2D eigenvalue weighted by atomic mass is 16.5. The second kappa shape index (κ2) is 9.19. The van der Waals surface area contributed by atoms with E-state index in [-0.39, 0.29) is 0 Å². The summed E-state index contributed by atoms with van der Waals surface area (Å²) < 4.78 is 5.41. The Bertz CT molecular complexity index is 148. The van der Waals surface area contributed by atoms with Gasteiger partial charge in [-0.1, -0.05) is 26.0 Å². The molecule has 0 saturated heterocycles. The first-order valence-electron chi connectivity index (χ1n) is 5.45. The molecule has 0 saturated carbocycles. The lowest BCUT2D eigenvalue weighted by molar-refractivity contribution is 0.124. The molecule has 0 bridgehead atoms. The van der Waals surface area contributed by atoms with Crippen molar-refractivity contribution in [3.63, 3.8) is 0 Å². The van der Waals surface area contributed by atoms with Crippen LogP contribution in [0, 0.1) is 0 Å². The van der Waals surface area contributed by atoms with Crippen LogP contribution in [0.4, 0.5) is 0 Å². The van der Waals surface area contributed by atoms with E-state index in [0.29, 0.717) is 6.04 Å². The molecule has 1 atom stereocenters. The summed E-state index contributed by atoms with van der Waals surface area (Å²) in [5.41, 5.74) is 4.04. The van der Waals surface area contributed by atoms with Crippen LogP contribution in [-0.4, -0.2) is 19.3 Å². The Labute approximate surface area is 87.7 Å². The fourth-order valence-corrected chi connectivity index (χ4v) is 1.21. The average molecular weight is 200 g/mol. The van der Waals surface area contributed by atoms with Crippen LogP contribution in [0.1, 0.15) is 39.5 Å². The molecule has 0 aromatic rings. The number of hydrazine groups is 1. The Balaban J connectivity index is 3.52. The van der Waals surface area contributed by atoms with Crippen LogP contribution in [-0.2, 0) is 4.74 Å². The molecule has 0 radical (unpaired) electrons. The van der Waals surface area contributed by atoms with Gasteiger partial charge in [0, 0.05) is 19.3 Å². The highest BCUT2D eigenvalue weighted by Gasteiger charge is 2.06. The minimum absolute atomic E-state index is 0.305. The quantitative estimate of drug-likeness (QED) is 0.259. The summed E-state index contributed by atoms with van der Waals surface area (Å²) in [6.45, 7) is 9.81. The van der Waals surface area contributed by atoms with Gasteiger partial charge in [0.1, 0.15) is 0 Å². The third-order valence-electron chi connectivity index (χ3n) is 2.23. The zero-order valence-corrected chi connectivity index (χ0v) is 9.51. The van der Waals surface area contributed by atoms with Gasteiger partial charge in [0.05, 0.1) is 0 Å². The molecule has 1 unspecified atom stereocenters. The van der Waals surface area contributed by atoms with Gasteiger partial charge in [-0.2, -0.15) is 0 Å². The van der Waals surface area contributed by atoms with E-state index in [0.717, 1.165) is 38.9 Å². The highest BCUT2D eigenvalue weighted by Crippen LogP contribution is 2.09. The Morgan fingerprint density at radius 2 is 2.14 bits per heavy atom. The first kappa shape index (κ1) is 13.6. The Kier molecular flexibility index (Phi) is 8.94. The summed E-state index contributed by atoms with van der Waals surface area (Å²) in [5, 5.41) is 0. The summed E-state index contributed by atoms with van der Waals surface area (Å²) in [7, 11) is 0. The predicted octanol–water partition coefficient (Wildman–Crippen LogP) is 1.99. The summed E-state index contributed by atoms with van der Waals surface area (Å²) in [4.78, 5) is 0. The minimum Gasteiger partial charge on any atom is -0.381 e. The summed E-state index contributed by atoms with van der Waals surface area (Å²) in [5.74, 6) is 5.44. The van der Waals surface area contributed by atoms with Crippen molar-refractivity contribution >= 4 is 0 Å². The van der Waals surface area contributed by atoms with Crippen molar-refractivity contribution in [1.82, 2.24) is 5.43 Å². The van der Waals surface area contributed by atoms with Crippen LogP contribution >= 0.6 is 0 Å². The van der Waals surface area contributed by atoms with Crippen molar-refractivity contribution in [2.75, 3.05) is 13.2 Å². The Morgan fingerprint density at radius 3 is 2.64 bits per heavy atom. The van der Waals surface area contributed by atoms with Gasteiger partial charge in [-0.3, -0.25) is 11.3 Å². The Hall–Kier alpha value is -0.380. The smallest absolute Gasteiger partial charge is 0.0481 e. The van der Waals surface area contributed by atoms with Crippen molar-refractivity contribution in [3.8, 4) is 0 Å². The van der Waals surface area contributed by atoms with E-state index in [1.54, 1.807) is 0 Å². The molecule has 3 heteroatoms. The van der Waals surface area contributed by atoms with Crippen molar-refractivity contribution in [2.24, 2.45) is 5.84 Å². The lowest BCUT2D eigenvalue weighted by Crippen LogP contribution is -2.36. The minimum atomic E-state index is 0.305. The van der Waals surface area contributed by atoms with Crippen LogP contribution in [0.2, 0.25) is 0 Å². The molecule has 0 aliphatic rings. The predicted molar refractivity (Wildman–Crippen MR) is 60.9 cm³/mol. The zero-order valence-electron chi connectivity index (χ0n) is 9.51. The van der Waals surface area contributed by atoms with Gasteiger partial charge >= 0.3 is 0 Å². The normalized spacial score (nSPS) is 12.8. The molecule has 0 amide bonds. The fraction of sp³-hybridized carbons (Fsp3) is 0.818. The molecule has 0 aromatic carbocycles. The lowest BCUT2D eigenvalue weighted by atomic mass is 10.0. The van der Waals surface area contributed by atoms with Gasteiger partial charge in [-0.05, 0) is 25.7 Å². The molecule has 0 aliphatic carbocycles. The summed E-state index contributed by atoms with van der Waals surface area (Å²) in [6.07, 6.45) is 3.99. The van der Waals surface area contributed by atoms with Crippen LogP contribution < -0.4 is 11.3 Å². The Morgan fingerprint density at radius 1 is 1.43 bits per heavy atom. The third kappa shape index (κ3) is 7.06. The van der Waals surface area contributed by atoms with E-state index in [9.17, 15) is 0 Å². The molecular weight excluding hydrogens is 176 g/mol. The van der Waals surface area contributed by atoms with Crippen molar-refractivity contribution in [1.29, 1.82) is 0 Å². The molecule has 0 fully saturated rings. The number of hydrogen-bond acceptors (Lipinski definition) is 3. The van der Waals surface area contributed by atoms with E-state index in [4.69, 9.17) is 10.6 Å². The molecule has 0 spiro atoms. The molecule has 3 N–H and O–H groups in total. The van der Waals surface area contributed by atoms with Gasteiger partial charge in [0.25, 0.3) is 0 Å². The SMILES string of the molecule is C=C(CC)CC(CCOCCC)NN. The maximum absolute atomic E-state index is 5.44. The molecule has 84 valence electrons. The standard InChI is InChI=1S/C11H24N2O/c1-4-7-14-8-6-11(13-12)9-10(3)5-2/h11,13H,3-9,12H2,1-2H3. The van der Waals surface area contributed by atoms with Crippen LogP contribution in [0.3, 0.4) is 0 Å². The van der Waals surface area contributed by atoms with Crippen LogP contribution in [0.15, 0.2) is 12.2 Å². The van der Waals surface area contributed by atoms with Gasteiger partial charge in [0.15, 0.2) is 0 Å². The third-order valence-corrected chi connectivity index (χ3v) is 2.23. The fourth-order valence-electron chi connectivity index (χ4n) is 1.21. The first-order chi connectivity index (χ1) is 6.74. The summed E-state index contributed by atoms with van der Waals surface area (Å²) in [6, 6.07) is 0.305. The van der Waals surface area contributed by atoms with Crippen molar-refractivity contribution in [2.45, 2.75) is 45.6 Å². The van der Waals surface area contributed by atoms with E-state index in [2.05, 4.69) is 25.9 Å². The lowest BCUT2D eigenvalue weighted by Gasteiger charge is -2.16. The van der Waals surface area contributed by atoms with E-state index in [1.165, 1.54) is 5.57 Å². The number of ether oxygens (including phenoxy) is 1. The number of nitrogens with two attached hydrogens (primary N) is 1. The van der Waals surface area contributed by atoms with E-state index >= 15 is 0 Å². The largest absolute Gasteiger partial charge is 0.381 e. The molecule has 3 nitrogen and oxygen atoms in total. The topological polar surface area (TPSA) is 47.3 Å². The second-order valence-electron chi connectivity index (χ2n) is 3.57. The van der Waals surface area contributed by atoms with E-state index in [1.807, 2.05) is 0 Å². The van der Waals surface area contributed by atoms with Gasteiger partial charge in [-0.15, -0.1) is 0 Å². The molecular formula is C11H24N2O. The molecule has 0 rings (SSSR count).